The molecule has 0 aromatic heterocycles. The number of benzene rings is 1. The van der Waals surface area contributed by atoms with Crippen molar-refractivity contribution in [3.05, 3.63) is 22.7 Å². The SMILES string of the molecule is COCC(C)Oc1c(Cl)cc(N)cc1C(=O)O. The molecule has 0 bridgehead atoms. The van der Waals surface area contributed by atoms with Gasteiger partial charge in [-0.25, -0.2) is 4.79 Å². The van der Waals surface area contributed by atoms with Gasteiger partial charge in [-0.15, -0.1) is 0 Å². The Morgan fingerprint density at radius 2 is 2.24 bits per heavy atom. The number of hydrogen-bond acceptors (Lipinski definition) is 4. The molecule has 0 aliphatic rings. The average molecular weight is 260 g/mol. The summed E-state index contributed by atoms with van der Waals surface area (Å²) in [4.78, 5) is 11.0. The van der Waals surface area contributed by atoms with Crippen LogP contribution >= 0.6 is 11.6 Å². The van der Waals surface area contributed by atoms with Gasteiger partial charge in [-0.3, -0.25) is 0 Å². The first kappa shape index (κ1) is 13.6. The smallest absolute Gasteiger partial charge is 0.339 e. The number of hydrogen-bond donors (Lipinski definition) is 2. The number of anilines is 1. The summed E-state index contributed by atoms with van der Waals surface area (Å²) in [5, 5.41) is 9.20. The summed E-state index contributed by atoms with van der Waals surface area (Å²) < 4.78 is 10.3. The Bertz CT molecular complexity index is 422. The quantitative estimate of drug-likeness (QED) is 0.791. The Morgan fingerprint density at radius 1 is 1.59 bits per heavy atom. The van der Waals surface area contributed by atoms with Crippen molar-refractivity contribution in [2.75, 3.05) is 19.5 Å². The van der Waals surface area contributed by atoms with E-state index in [4.69, 9.17) is 31.9 Å². The third-order valence-electron chi connectivity index (χ3n) is 2.02. The van der Waals surface area contributed by atoms with Crippen LogP contribution in [0.25, 0.3) is 0 Å². The van der Waals surface area contributed by atoms with Crippen LogP contribution in [0.1, 0.15) is 17.3 Å². The van der Waals surface area contributed by atoms with Gasteiger partial charge in [-0.05, 0) is 19.1 Å². The minimum Gasteiger partial charge on any atom is -0.486 e. The fraction of sp³-hybridized carbons (Fsp3) is 0.364. The summed E-state index contributed by atoms with van der Waals surface area (Å²) in [5.41, 5.74) is 5.75. The van der Waals surface area contributed by atoms with E-state index >= 15 is 0 Å². The van der Waals surface area contributed by atoms with E-state index in [9.17, 15) is 4.79 Å². The van der Waals surface area contributed by atoms with Gasteiger partial charge >= 0.3 is 5.97 Å². The number of ether oxygens (including phenoxy) is 2. The molecule has 0 spiro atoms. The maximum absolute atomic E-state index is 11.0. The van der Waals surface area contributed by atoms with Crippen LogP contribution in [0.15, 0.2) is 12.1 Å². The van der Waals surface area contributed by atoms with Crippen molar-refractivity contribution in [3.8, 4) is 5.75 Å². The van der Waals surface area contributed by atoms with E-state index in [2.05, 4.69) is 0 Å². The number of carboxylic acid groups (broad SMARTS) is 1. The molecule has 0 aliphatic carbocycles. The van der Waals surface area contributed by atoms with Crippen LogP contribution in [0, 0.1) is 0 Å². The molecule has 0 saturated heterocycles. The summed E-state index contributed by atoms with van der Waals surface area (Å²) in [5.74, 6) is -1.03. The van der Waals surface area contributed by atoms with Crippen LogP contribution in [0.3, 0.4) is 0 Å². The Balaban J connectivity index is 3.08. The summed E-state index contributed by atoms with van der Waals surface area (Å²) >= 11 is 5.91. The predicted molar refractivity (Wildman–Crippen MR) is 64.8 cm³/mol. The molecule has 0 aliphatic heterocycles. The zero-order chi connectivity index (χ0) is 13.0. The van der Waals surface area contributed by atoms with Gasteiger partial charge < -0.3 is 20.3 Å². The predicted octanol–water partition coefficient (Wildman–Crippen LogP) is 2.03. The normalized spacial score (nSPS) is 12.2. The topological polar surface area (TPSA) is 81.8 Å². The van der Waals surface area contributed by atoms with Gasteiger partial charge in [0.05, 0.1) is 11.6 Å². The largest absolute Gasteiger partial charge is 0.486 e. The molecular weight excluding hydrogens is 246 g/mol. The van der Waals surface area contributed by atoms with Crippen LogP contribution in [0.2, 0.25) is 5.02 Å². The Hall–Kier alpha value is -1.46. The number of nitrogens with two attached hydrogens (primary N) is 1. The van der Waals surface area contributed by atoms with Crippen LogP contribution in [-0.2, 0) is 4.74 Å². The van der Waals surface area contributed by atoms with Crippen molar-refractivity contribution >= 4 is 23.3 Å². The van der Waals surface area contributed by atoms with Gasteiger partial charge in [0.15, 0.2) is 5.75 Å². The first-order chi connectivity index (χ1) is 7.95. The molecule has 1 aromatic rings. The number of methoxy groups -OCH3 is 1. The van der Waals surface area contributed by atoms with Gasteiger partial charge in [0.2, 0.25) is 0 Å². The van der Waals surface area contributed by atoms with E-state index in [-0.39, 0.29) is 28.1 Å². The Morgan fingerprint density at radius 3 is 2.76 bits per heavy atom. The second kappa shape index (κ2) is 5.75. The zero-order valence-electron chi connectivity index (χ0n) is 9.57. The van der Waals surface area contributed by atoms with E-state index in [1.165, 1.54) is 19.2 Å². The van der Waals surface area contributed by atoms with E-state index in [0.29, 0.717) is 6.61 Å². The molecule has 1 unspecified atom stereocenters. The second-order valence-electron chi connectivity index (χ2n) is 3.57. The fourth-order valence-electron chi connectivity index (χ4n) is 1.36. The van der Waals surface area contributed by atoms with Crippen molar-refractivity contribution in [2.24, 2.45) is 0 Å². The Labute approximate surface area is 104 Å². The number of aromatic carboxylic acids is 1. The van der Waals surface area contributed by atoms with E-state index in [0.717, 1.165) is 0 Å². The fourth-order valence-corrected chi connectivity index (χ4v) is 1.64. The second-order valence-corrected chi connectivity index (χ2v) is 3.98. The lowest BCUT2D eigenvalue weighted by atomic mass is 10.1. The monoisotopic (exact) mass is 259 g/mol. The highest BCUT2D eigenvalue weighted by Gasteiger charge is 2.18. The van der Waals surface area contributed by atoms with Crippen LogP contribution in [-0.4, -0.2) is 30.9 Å². The molecule has 1 aromatic carbocycles. The molecule has 0 fully saturated rings. The van der Waals surface area contributed by atoms with E-state index in [1.807, 2.05) is 0 Å². The molecule has 0 heterocycles. The molecule has 6 heteroatoms. The minimum absolute atomic E-state index is 0.0575. The number of halogens is 1. The van der Waals surface area contributed by atoms with Gasteiger partial charge in [0, 0.05) is 12.8 Å². The number of rotatable bonds is 5. The van der Waals surface area contributed by atoms with Gasteiger partial charge in [-0.1, -0.05) is 11.6 Å². The first-order valence-electron chi connectivity index (χ1n) is 4.93. The molecule has 94 valence electrons. The van der Waals surface area contributed by atoms with E-state index in [1.54, 1.807) is 6.92 Å². The van der Waals surface area contributed by atoms with Crippen LogP contribution < -0.4 is 10.5 Å². The van der Waals surface area contributed by atoms with Gasteiger partial charge in [0.25, 0.3) is 0 Å². The first-order valence-corrected chi connectivity index (χ1v) is 5.31. The highest BCUT2D eigenvalue weighted by Crippen LogP contribution is 2.32. The van der Waals surface area contributed by atoms with Crippen molar-refractivity contribution in [1.29, 1.82) is 0 Å². The highest BCUT2D eigenvalue weighted by molar-refractivity contribution is 6.33. The third kappa shape index (κ3) is 3.51. The lowest BCUT2D eigenvalue weighted by Crippen LogP contribution is -2.19. The van der Waals surface area contributed by atoms with Crippen molar-refractivity contribution in [1.82, 2.24) is 0 Å². The number of carboxylic acids is 1. The van der Waals surface area contributed by atoms with Crippen molar-refractivity contribution in [2.45, 2.75) is 13.0 Å². The average Bonchev–Trinajstić information content (AvgIpc) is 2.21. The maximum Gasteiger partial charge on any atom is 0.339 e. The van der Waals surface area contributed by atoms with Crippen molar-refractivity contribution < 1.29 is 19.4 Å². The lowest BCUT2D eigenvalue weighted by molar-refractivity contribution is 0.0674. The van der Waals surface area contributed by atoms with Gasteiger partial charge in [-0.2, -0.15) is 0 Å². The Kier molecular flexibility index (Phi) is 4.60. The summed E-state index contributed by atoms with van der Waals surface area (Å²) in [7, 11) is 1.53. The molecule has 17 heavy (non-hydrogen) atoms. The molecule has 1 rings (SSSR count). The molecule has 0 amide bonds. The van der Waals surface area contributed by atoms with Gasteiger partial charge in [0.1, 0.15) is 11.7 Å². The highest BCUT2D eigenvalue weighted by atomic mass is 35.5. The van der Waals surface area contributed by atoms with Crippen molar-refractivity contribution in [3.63, 3.8) is 0 Å². The zero-order valence-corrected chi connectivity index (χ0v) is 10.3. The molecule has 0 radical (unpaired) electrons. The molecule has 1 atom stereocenters. The summed E-state index contributed by atoms with van der Waals surface area (Å²) in [6, 6.07) is 2.76. The summed E-state index contributed by atoms with van der Waals surface area (Å²) in [6.07, 6.45) is -0.306. The number of nitrogen functional groups attached to an aromatic ring is 1. The lowest BCUT2D eigenvalue weighted by Gasteiger charge is -2.17. The standard InChI is InChI=1S/C11H14ClNO4/c1-6(5-16-2)17-10-8(11(14)15)3-7(13)4-9(10)12/h3-4,6H,5,13H2,1-2H3,(H,14,15). The van der Waals surface area contributed by atoms with Crippen LogP contribution in [0.5, 0.6) is 5.75 Å². The minimum atomic E-state index is -1.14. The van der Waals surface area contributed by atoms with Crippen LogP contribution in [0.4, 0.5) is 5.69 Å². The maximum atomic E-state index is 11.0. The molecule has 0 saturated carbocycles. The molecule has 5 nitrogen and oxygen atoms in total. The third-order valence-corrected chi connectivity index (χ3v) is 2.30. The molecule has 3 N–H and O–H groups in total. The summed E-state index contributed by atoms with van der Waals surface area (Å²) in [6.45, 7) is 2.08. The molecular formula is C11H14ClNO4. The number of carbonyl (C=O) groups is 1. The van der Waals surface area contributed by atoms with E-state index < -0.39 is 5.97 Å².